The molecule has 2 N–H and O–H groups in total. The average molecular weight is 303 g/mol. The number of hydrogen-bond acceptors (Lipinski definition) is 4. The van der Waals surface area contributed by atoms with Gasteiger partial charge >= 0.3 is 0 Å². The third-order valence-corrected chi connectivity index (χ3v) is 3.22. The Hall–Kier alpha value is -2.37. The van der Waals surface area contributed by atoms with Crippen molar-refractivity contribution in [3.8, 4) is 0 Å². The van der Waals surface area contributed by atoms with E-state index in [1.165, 1.54) is 0 Å². The molecule has 2 rings (SSSR count). The summed E-state index contributed by atoms with van der Waals surface area (Å²) in [6.45, 7) is 5.68. The van der Waals surface area contributed by atoms with Gasteiger partial charge in [0.1, 0.15) is 0 Å². The molecule has 1 atom stereocenters. The fraction of sp³-hybridized carbons (Fsp3) is 0.438. The molecule has 0 spiro atoms. The van der Waals surface area contributed by atoms with Gasteiger partial charge in [0.05, 0.1) is 12.3 Å². The van der Waals surface area contributed by atoms with Gasteiger partial charge in [-0.15, -0.1) is 0 Å². The molecule has 0 saturated heterocycles. The number of carbonyl (C=O) groups is 2. The zero-order valence-corrected chi connectivity index (χ0v) is 13.1. The maximum absolute atomic E-state index is 12.0. The van der Waals surface area contributed by atoms with E-state index in [2.05, 4.69) is 15.8 Å². The summed E-state index contributed by atoms with van der Waals surface area (Å²) in [5, 5.41) is 9.24. The highest BCUT2D eigenvalue weighted by molar-refractivity contribution is 6.04. The number of nitrogens with zero attached hydrogens (tertiary/aromatic N) is 1. The van der Waals surface area contributed by atoms with Gasteiger partial charge in [-0.25, -0.2) is 0 Å². The molecule has 1 heterocycles. The molecule has 0 fully saturated rings. The van der Waals surface area contributed by atoms with Crippen molar-refractivity contribution in [2.45, 2.75) is 39.3 Å². The van der Waals surface area contributed by atoms with Crippen LogP contribution < -0.4 is 10.6 Å². The number of benzene rings is 1. The first-order chi connectivity index (χ1) is 10.5. The van der Waals surface area contributed by atoms with Crippen molar-refractivity contribution in [3.05, 3.63) is 35.4 Å². The van der Waals surface area contributed by atoms with Gasteiger partial charge < -0.3 is 15.5 Å². The monoisotopic (exact) mass is 303 g/mol. The Bertz CT molecular complexity index is 579. The number of carbonyl (C=O) groups excluding carboxylic acids is 2. The number of amides is 2. The zero-order chi connectivity index (χ0) is 16.1. The summed E-state index contributed by atoms with van der Waals surface area (Å²) < 4.78 is 0. The van der Waals surface area contributed by atoms with Crippen molar-refractivity contribution in [2.75, 3.05) is 6.54 Å². The highest BCUT2D eigenvalue weighted by Crippen LogP contribution is 2.17. The second kappa shape index (κ2) is 7.06. The van der Waals surface area contributed by atoms with Crippen molar-refractivity contribution < 1.29 is 14.4 Å². The summed E-state index contributed by atoms with van der Waals surface area (Å²) in [6.07, 6.45) is -0.274. The number of oxime groups is 1. The standard InChI is InChI=1S/C16H21N3O3/c1-10(2)18-15(20)9-17-16(21)14-8-13(19-22-14)12-6-4-11(3)5-7-12/h4-7,10,14H,8-9H2,1-3H3,(H,17,21)(H,18,20). The lowest BCUT2D eigenvalue weighted by Crippen LogP contribution is -2.43. The van der Waals surface area contributed by atoms with E-state index in [9.17, 15) is 9.59 Å². The second-order valence-electron chi connectivity index (χ2n) is 5.64. The molecule has 1 aromatic rings. The molecule has 0 saturated carbocycles. The Balaban J connectivity index is 1.82. The lowest BCUT2D eigenvalue weighted by Gasteiger charge is -2.11. The van der Waals surface area contributed by atoms with Crippen molar-refractivity contribution in [2.24, 2.45) is 5.16 Å². The van der Waals surface area contributed by atoms with Crippen LogP contribution in [-0.4, -0.2) is 36.2 Å². The molecule has 118 valence electrons. The Kier molecular flexibility index (Phi) is 5.14. The SMILES string of the molecule is Cc1ccc(C2=NOC(C(=O)NCC(=O)NC(C)C)C2)cc1. The van der Waals surface area contributed by atoms with E-state index >= 15 is 0 Å². The maximum Gasteiger partial charge on any atom is 0.264 e. The maximum atomic E-state index is 12.0. The molecule has 0 aliphatic carbocycles. The van der Waals surface area contributed by atoms with Gasteiger partial charge in [0.2, 0.25) is 12.0 Å². The molecular weight excluding hydrogens is 282 g/mol. The molecule has 0 bridgehead atoms. The summed E-state index contributed by atoms with van der Waals surface area (Å²) in [5.41, 5.74) is 2.85. The third kappa shape index (κ3) is 4.31. The minimum Gasteiger partial charge on any atom is -0.382 e. The topological polar surface area (TPSA) is 79.8 Å². The minimum atomic E-state index is -0.678. The molecule has 2 amide bonds. The van der Waals surface area contributed by atoms with E-state index in [0.29, 0.717) is 6.42 Å². The van der Waals surface area contributed by atoms with Gasteiger partial charge in [-0.1, -0.05) is 35.0 Å². The highest BCUT2D eigenvalue weighted by Gasteiger charge is 2.28. The molecule has 1 unspecified atom stereocenters. The number of nitrogens with one attached hydrogen (secondary N) is 2. The predicted octanol–water partition coefficient (Wildman–Crippen LogP) is 1.13. The summed E-state index contributed by atoms with van der Waals surface area (Å²) in [6, 6.07) is 7.92. The van der Waals surface area contributed by atoms with E-state index in [0.717, 1.165) is 16.8 Å². The number of hydrogen-bond donors (Lipinski definition) is 2. The highest BCUT2D eigenvalue weighted by atomic mass is 16.6. The zero-order valence-electron chi connectivity index (χ0n) is 13.1. The third-order valence-electron chi connectivity index (χ3n) is 3.22. The van der Waals surface area contributed by atoms with E-state index in [1.807, 2.05) is 45.0 Å². The van der Waals surface area contributed by atoms with Gasteiger partial charge in [-0.3, -0.25) is 9.59 Å². The summed E-state index contributed by atoms with van der Waals surface area (Å²) in [7, 11) is 0. The van der Waals surface area contributed by atoms with Gasteiger partial charge in [-0.2, -0.15) is 0 Å². The van der Waals surface area contributed by atoms with Crippen LogP contribution in [0.2, 0.25) is 0 Å². The molecule has 22 heavy (non-hydrogen) atoms. The lowest BCUT2D eigenvalue weighted by molar-refractivity contribution is -0.133. The van der Waals surface area contributed by atoms with Crippen LogP contribution in [0.4, 0.5) is 0 Å². The van der Waals surface area contributed by atoms with Crippen LogP contribution in [0.15, 0.2) is 29.4 Å². The Morgan fingerprint density at radius 3 is 2.64 bits per heavy atom. The summed E-state index contributed by atoms with van der Waals surface area (Å²) >= 11 is 0. The van der Waals surface area contributed by atoms with E-state index in [4.69, 9.17) is 4.84 Å². The van der Waals surface area contributed by atoms with Crippen LogP contribution in [0.3, 0.4) is 0 Å². The first-order valence-corrected chi connectivity index (χ1v) is 7.32. The minimum absolute atomic E-state index is 0.0450. The first-order valence-electron chi connectivity index (χ1n) is 7.32. The Morgan fingerprint density at radius 1 is 1.32 bits per heavy atom. The van der Waals surface area contributed by atoms with Crippen LogP contribution in [-0.2, 0) is 14.4 Å². The van der Waals surface area contributed by atoms with Crippen molar-refractivity contribution in [1.29, 1.82) is 0 Å². The van der Waals surface area contributed by atoms with Gasteiger partial charge in [0, 0.05) is 12.5 Å². The van der Waals surface area contributed by atoms with Gasteiger partial charge in [-0.05, 0) is 26.3 Å². The quantitative estimate of drug-likeness (QED) is 0.855. The van der Waals surface area contributed by atoms with Crippen LogP contribution in [0.1, 0.15) is 31.4 Å². The molecule has 0 aromatic heterocycles. The van der Waals surface area contributed by atoms with E-state index < -0.39 is 6.10 Å². The normalized spacial score (nSPS) is 16.9. The van der Waals surface area contributed by atoms with Crippen LogP contribution in [0.5, 0.6) is 0 Å². The average Bonchev–Trinajstić information content (AvgIpc) is 2.94. The van der Waals surface area contributed by atoms with Crippen LogP contribution in [0, 0.1) is 6.92 Å². The smallest absolute Gasteiger partial charge is 0.264 e. The summed E-state index contributed by atoms with van der Waals surface area (Å²) in [5.74, 6) is -0.550. The Labute approximate surface area is 129 Å². The molecule has 1 aliphatic rings. The predicted molar refractivity (Wildman–Crippen MR) is 83.5 cm³/mol. The first kappa shape index (κ1) is 16.0. The number of rotatable bonds is 5. The van der Waals surface area contributed by atoms with Crippen molar-refractivity contribution >= 4 is 17.5 Å². The second-order valence-corrected chi connectivity index (χ2v) is 5.64. The van der Waals surface area contributed by atoms with E-state index in [1.54, 1.807) is 0 Å². The molecular formula is C16H21N3O3. The van der Waals surface area contributed by atoms with Gasteiger partial charge in [0.15, 0.2) is 0 Å². The van der Waals surface area contributed by atoms with Gasteiger partial charge in [0.25, 0.3) is 5.91 Å². The molecule has 0 radical (unpaired) electrons. The number of aryl methyl sites for hydroxylation is 1. The molecule has 6 nitrogen and oxygen atoms in total. The lowest BCUT2D eigenvalue weighted by atomic mass is 10.0. The van der Waals surface area contributed by atoms with Crippen molar-refractivity contribution in [3.63, 3.8) is 0 Å². The fourth-order valence-corrected chi connectivity index (χ4v) is 2.09. The van der Waals surface area contributed by atoms with Crippen LogP contribution in [0.25, 0.3) is 0 Å². The Morgan fingerprint density at radius 2 is 2.00 bits per heavy atom. The largest absolute Gasteiger partial charge is 0.382 e. The van der Waals surface area contributed by atoms with Crippen molar-refractivity contribution in [1.82, 2.24) is 10.6 Å². The fourth-order valence-electron chi connectivity index (χ4n) is 2.09. The van der Waals surface area contributed by atoms with E-state index in [-0.39, 0.29) is 24.4 Å². The molecule has 6 heteroatoms. The molecule has 1 aliphatic heterocycles. The summed E-state index contributed by atoms with van der Waals surface area (Å²) in [4.78, 5) is 28.6. The molecule has 1 aromatic carbocycles. The van der Waals surface area contributed by atoms with Crippen LogP contribution >= 0.6 is 0 Å².